The summed E-state index contributed by atoms with van der Waals surface area (Å²) in [6.45, 7) is 5.94. The van der Waals surface area contributed by atoms with Gasteiger partial charge in [-0.05, 0) is 19.8 Å². The molecule has 0 aromatic heterocycles. The second-order valence-electron chi connectivity index (χ2n) is 4.75. The van der Waals surface area contributed by atoms with Crippen LogP contribution in [0.2, 0.25) is 0 Å². The minimum Gasteiger partial charge on any atom is -0.344 e. The Kier molecular flexibility index (Phi) is 2.40. The van der Waals surface area contributed by atoms with E-state index in [0.717, 1.165) is 6.42 Å². The van der Waals surface area contributed by atoms with E-state index in [-0.39, 0.29) is 12.2 Å². The van der Waals surface area contributed by atoms with Crippen LogP contribution in [0, 0.1) is 5.92 Å². The molecule has 0 amide bonds. The van der Waals surface area contributed by atoms with Crippen molar-refractivity contribution in [2.24, 2.45) is 5.92 Å². The molecule has 1 aliphatic carbocycles. The zero-order chi connectivity index (χ0) is 10.3. The van der Waals surface area contributed by atoms with Crippen molar-refractivity contribution >= 4 is 5.78 Å². The quantitative estimate of drug-likeness (QED) is 0.645. The van der Waals surface area contributed by atoms with Crippen molar-refractivity contribution < 1.29 is 14.3 Å². The van der Waals surface area contributed by atoms with E-state index in [0.29, 0.717) is 24.5 Å². The van der Waals surface area contributed by atoms with Gasteiger partial charge in [0.2, 0.25) is 0 Å². The fourth-order valence-corrected chi connectivity index (χ4v) is 2.51. The van der Waals surface area contributed by atoms with Gasteiger partial charge in [0, 0.05) is 12.8 Å². The molecule has 1 saturated carbocycles. The third kappa shape index (κ3) is 1.71. The van der Waals surface area contributed by atoms with Crippen LogP contribution in [0.4, 0.5) is 0 Å². The predicted octanol–water partition coefficient (Wildman–Crippen LogP) is 1.90. The fourth-order valence-electron chi connectivity index (χ4n) is 2.51. The molecule has 1 aliphatic heterocycles. The Hall–Kier alpha value is -0.410. The molecule has 1 heterocycles. The Labute approximate surface area is 84.8 Å². The van der Waals surface area contributed by atoms with E-state index >= 15 is 0 Å². The van der Waals surface area contributed by atoms with Gasteiger partial charge in [0.05, 0.1) is 12.2 Å². The highest BCUT2D eigenvalue weighted by Gasteiger charge is 2.48. The molecule has 0 unspecified atom stereocenters. The van der Waals surface area contributed by atoms with Crippen LogP contribution in [0.5, 0.6) is 0 Å². The monoisotopic (exact) mass is 198 g/mol. The summed E-state index contributed by atoms with van der Waals surface area (Å²) in [6.07, 6.45) is 2.32. The molecule has 2 aliphatic rings. The summed E-state index contributed by atoms with van der Waals surface area (Å²) < 4.78 is 11.5. The first-order chi connectivity index (χ1) is 6.52. The highest BCUT2D eigenvalue weighted by Crippen LogP contribution is 2.39. The normalized spacial score (nSPS) is 41.1. The topological polar surface area (TPSA) is 35.5 Å². The van der Waals surface area contributed by atoms with E-state index < -0.39 is 5.79 Å². The lowest BCUT2D eigenvalue weighted by molar-refractivity contribution is -0.149. The number of ketones is 1. The van der Waals surface area contributed by atoms with Crippen molar-refractivity contribution in [3.63, 3.8) is 0 Å². The van der Waals surface area contributed by atoms with E-state index in [1.54, 1.807) is 0 Å². The standard InChI is InChI=1S/C11H18O3/c1-4-7-5-8(12)6-9-10(7)14-11(2,3)13-9/h7,9-10H,4-6H2,1-3H3/t7-,9-,10+/m1/s1. The molecule has 2 fully saturated rings. The Balaban J connectivity index is 2.14. The van der Waals surface area contributed by atoms with Gasteiger partial charge in [-0.25, -0.2) is 0 Å². The van der Waals surface area contributed by atoms with Crippen molar-refractivity contribution in [3.8, 4) is 0 Å². The van der Waals surface area contributed by atoms with Crippen LogP contribution in [0.15, 0.2) is 0 Å². The average Bonchev–Trinajstić information content (AvgIpc) is 2.37. The molecular formula is C11H18O3. The fraction of sp³-hybridized carbons (Fsp3) is 0.909. The van der Waals surface area contributed by atoms with Gasteiger partial charge in [-0.3, -0.25) is 4.79 Å². The van der Waals surface area contributed by atoms with Crippen LogP contribution in [-0.2, 0) is 14.3 Å². The first-order valence-electron chi connectivity index (χ1n) is 5.39. The molecule has 0 aromatic carbocycles. The van der Waals surface area contributed by atoms with Crippen LogP contribution < -0.4 is 0 Å². The number of hydrogen-bond acceptors (Lipinski definition) is 3. The molecular weight excluding hydrogens is 180 g/mol. The van der Waals surface area contributed by atoms with Crippen molar-refractivity contribution in [1.82, 2.24) is 0 Å². The highest BCUT2D eigenvalue weighted by atomic mass is 16.8. The molecule has 14 heavy (non-hydrogen) atoms. The molecule has 1 saturated heterocycles. The molecule has 3 atom stereocenters. The largest absolute Gasteiger partial charge is 0.344 e. The lowest BCUT2D eigenvalue weighted by atomic mass is 9.82. The van der Waals surface area contributed by atoms with E-state index in [1.165, 1.54) is 0 Å². The Bertz CT molecular complexity index is 247. The van der Waals surface area contributed by atoms with E-state index in [1.807, 2.05) is 13.8 Å². The third-order valence-corrected chi connectivity index (χ3v) is 3.13. The number of hydrogen-bond donors (Lipinski definition) is 0. The zero-order valence-corrected chi connectivity index (χ0v) is 9.08. The minimum atomic E-state index is -0.507. The SMILES string of the molecule is CC[C@@H]1CC(=O)C[C@H]2OC(C)(C)O[C@@H]12. The van der Waals surface area contributed by atoms with Crippen molar-refractivity contribution in [2.45, 2.75) is 58.0 Å². The summed E-state index contributed by atoms with van der Waals surface area (Å²) in [4.78, 5) is 11.5. The van der Waals surface area contributed by atoms with E-state index in [4.69, 9.17) is 9.47 Å². The van der Waals surface area contributed by atoms with Gasteiger partial charge in [0.25, 0.3) is 0 Å². The molecule has 80 valence electrons. The Morgan fingerprint density at radius 2 is 2.07 bits per heavy atom. The predicted molar refractivity (Wildman–Crippen MR) is 51.8 cm³/mol. The van der Waals surface area contributed by atoms with Crippen LogP contribution in [0.1, 0.15) is 40.0 Å². The molecule has 3 heteroatoms. The number of carbonyl (C=O) groups excluding carboxylic acids is 1. The van der Waals surface area contributed by atoms with E-state index in [2.05, 4.69) is 6.92 Å². The number of rotatable bonds is 1. The summed E-state index contributed by atoms with van der Waals surface area (Å²) >= 11 is 0. The van der Waals surface area contributed by atoms with Crippen molar-refractivity contribution in [2.75, 3.05) is 0 Å². The zero-order valence-electron chi connectivity index (χ0n) is 9.08. The Morgan fingerprint density at radius 3 is 2.71 bits per heavy atom. The Morgan fingerprint density at radius 1 is 1.36 bits per heavy atom. The molecule has 2 rings (SSSR count). The summed E-state index contributed by atoms with van der Waals surface area (Å²) in [5.41, 5.74) is 0. The lowest BCUT2D eigenvalue weighted by Gasteiger charge is -2.29. The van der Waals surface area contributed by atoms with Crippen LogP contribution >= 0.6 is 0 Å². The van der Waals surface area contributed by atoms with Gasteiger partial charge in [0.15, 0.2) is 5.79 Å². The average molecular weight is 198 g/mol. The van der Waals surface area contributed by atoms with Gasteiger partial charge in [-0.1, -0.05) is 13.3 Å². The molecule has 0 radical (unpaired) electrons. The van der Waals surface area contributed by atoms with Crippen LogP contribution in [0.3, 0.4) is 0 Å². The minimum absolute atomic E-state index is 0.00352. The number of ether oxygens (including phenoxy) is 2. The molecule has 0 N–H and O–H groups in total. The van der Waals surface area contributed by atoms with Gasteiger partial charge in [-0.15, -0.1) is 0 Å². The van der Waals surface area contributed by atoms with Gasteiger partial charge in [-0.2, -0.15) is 0 Å². The second-order valence-corrected chi connectivity index (χ2v) is 4.75. The van der Waals surface area contributed by atoms with Gasteiger partial charge in [0.1, 0.15) is 5.78 Å². The van der Waals surface area contributed by atoms with Crippen LogP contribution in [0.25, 0.3) is 0 Å². The second kappa shape index (κ2) is 3.31. The van der Waals surface area contributed by atoms with Crippen molar-refractivity contribution in [1.29, 1.82) is 0 Å². The summed E-state index contributed by atoms with van der Waals surface area (Å²) in [5, 5.41) is 0. The summed E-state index contributed by atoms with van der Waals surface area (Å²) in [7, 11) is 0. The van der Waals surface area contributed by atoms with Crippen LogP contribution in [-0.4, -0.2) is 23.8 Å². The lowest BCUT2D eigenvalue weighted by Crippen LogP contribution is -2.38. The van der Waals surface area contributed by atoms with E-state index in [9.17, 15) is 4.79 Å². The molecule has 0 aromatic rings. The first kappa shape index (κ1) is 10.1. The highest BCUT2D eigenvalue weighted by molar-refractivity contribution is 5.80. The molecule has 3 nitrogen and oxygen atoms in total. The first-order valence-corrected chi connectivity index (χ1v) is 5.39. The smallest absolute Gasteiger partial charge is 0.163 e. The third-order valence-electron chi connectivity index (χ3n) is 3.13. The number of Topliss-reactive ketones (excluding diaryl/α,β-unsaturated/α-hetero) is 1. The molecule has 0 bridgehead atoms. The number of fused-ring (bicyclic) bond motifs is 1. The van der Waals surface area contributed by atoms with Crippen molar-refractivity contribution in [3.05, 3.63) is 0 Å². The maximum Gasteiger partial charge on any atom is 0.163 e. The summed E-state index contributed by atoms with van der Waals surface area (Å²) in [6, 6.07) is 0. The maximum absolute atomic E-state index is 11.5. The van der Waals surface area contributed by atoms with Gasteiger partial charge >= 0.3 is 0 Å². The summed E-state index contributed by atoms with van der Waals surface area (Å²) in [5.74, 6) is 0.162. The van der Waals surface area contributed by atoms with Gasteiger partial charge < -0.3 is 9.47 Å². The maximum atomic E-state index is 11.5. The molecule has 0 spiro atoms. The number of carbonyl (C=O) groups is 1.